The normalized spacial score (nSPS) is 15.4. The van der Waals surface area contributed by atoms with E-state index in [-0.39, 0.29) is 11.8 Å². The first-order chi connectivity index (χ1) is 7.16. The van der Waals surface area contributed by atoms with Gasteiger partial charge in [-0.25, -0.2) is 0 Å². The highest BCUT2D eigenvalue weighted by molar-refractivity contribution is 5.93. The second kappa shape index (κ2) is 4.05. The predicted molar refractivity (Wildman–Crippen MR) is 61.9 cm³/mol. The van der Waals surface area contributed by atoms with Crippen molar-refractivity contribution >= 4 is 11.6 Å². The number of amides is 1. The lowest BCUT2D eigenvalue weighted by atomic mass is 10.0. The monoisotopic (exact) mass is 203 g/mol. The number of carbonyl (C=O) groups excluding carboxylic acids is 1. The van der Waals surface area contributed by atoms with E-state index in [4.69, 9.17) is 0 Å². The Balaban J connectivity index is 2.00. The first-order valence-corrected chi connectivity index (χ1v) is 5.57. The smallest absolute Gasteiger partial charge is 0.227 e. The van der Waals surface area contributed by atoms with E-state index >= 15 is 0 Å². The molecule has 15 heavy (non-hydrogen) atoms. The molecule has 0 spiro atoms. The number of hydrogen-bond donors (Lipinski definition) is 1. The van der Waals surface area contributed by atoms with Crippen molar-refractivity contribution < 1.29 is 4.79 Å². The molecular formula is C13H17NO. The van der Waals surface area contributed by atoms with Crippen LogP contribution in [0.15, 0.2) is 24.3 Å². The summed E-state index contributed by atoms with van der Waals surface area (Å²) in [5.74, 6) is 0.986. The van der Waals surface area contributed by atoms with Gasteiger partial charge < -0.3 is 5.32 Å². The van der Waals surface area contributed by atoms with Gasteiger partial charge in [0.05, 0.1) is 0 Å². The number of nitrogens with one attached hydrogen (secondary N) is 1. The van der Waals surface area contributed by atoms with Gasteiger partial charge in [-0.3, -0.25) is 4.79 Å². The molecule has 1 aromatic rings. The van der Waals surface area contributed by atoms with Crippen molar-refractivity contribution in [3.63, 3.8) is 0 Å². The van der Waals surface area contributed by atoms with Crippen LogP contribution in [0.1, 0.15) is 38.2 Å². The number of carbonyl (C=O) groups is 1. The summed E-state index contributed by atoms with van der Waals surface area (Å²) in [6, 6.07) is 8.12. The van der Waals surface area contributed by atoms with Crippen LogP contribution in [-0.2, 0) is 4.79 Å². The molecule has 1 saturated carbocycles. The summed E-state index contributed by atoms with van der Waals surface area (Å²) in [5, 5.41) is 2.93. The van der Waals surface area contributed by atoms with Gasteiger partial charge in [-0.15, -0.1) is 0 Å². The minimum absolute atomic E-state index is 0.173. The quantitative estimate of drug-likeness (QED) is 0.803. The Morgan fingerprint density at radius 1 is 1.27 bits per heavy atom. The molecule has 0 unspecified atom stereocenters. The lowest BCUT2D eigenvalue weighted by molar-refractivity contribution is -0.117. The zero-order valence-electron chi connectivity index (χ0n) is 9.29. The van der Waals surface area contributed by atoms with Gasteiger partial charge in [0.2, 0.25) is 5.91 Å². The van der Waals surface area contributed by atoms with Crippen molar-refractivity contribution in [2.45, 2.75) is 32.6 Å². The Kier molecular flexibility index (Phi) is 2.76. The minimum atomic E-state index is 0.173. The third kappa shape index (κ3) is 2.58. The van der Waals surface area contributed by atoms with Gasteiger partial charge in [-0.1, -0.05) is 26.0 Å². The summed E-state index contributed by atoms with van der Waals surface area (Å²) in [6.45, 7) is 4.33. The van der Waals surface area contributed by atoms with Crippen LogP contribution in [-0.4, -0.2) is 5.91 Å². The first kappa shape index (κ1) is 10.2. The van der Waals surface area contributed by atoms with Crippen molar-refractivity contribution in [3.05, 3.63) is 29.8 Å². The fourth-order valence-corrected chi connectivity index (χ4v) is 1.54. The van der Waals surface area contributed by atoms with Crippen LogP contribution in [0.25, 0.3) is 0 Å². The third-order valence-electron chi connectivity index (χ3n) is 2.79. The molecule has 1 aliphatic carbocycles. The molecule has 2 nitrogen and oxygen atoms in total. The molecule has 0 radical (unpaired) electrons. The second-order valence-corrected chi connectivity index (χ2v) is 4.54. The summed E-state index contributed by atoms with van der Waals surface area (Å²) < 4.78 is 0. The predicted octanol–water partition coefficient (Wildman–Crippen LogP) is 3.16. The maximum Gasteiger partial charge on any atom is 0.227 e. The van der Waals surface area contributed by atoms with Crippen LogP contribution in [0.3, 0.4) is 0 Å². The van der Waals surface area contributed by atoms with Crippen LogP contribution < -0.4 is 5.32 Å². The first-order valence-electron chi connectivity index (χ1n) is 5.57. The molecule has 0 heterocycles. The highest BCUT2D eigenvalue weighted by atomic mass is 16.2. The Morgan fingerprint density at radius 2 is 1.87 bits per heavy atom. The standard InChI is InChI=1S/C13H17NO/c1-9(2)10-5-7-12(8-6-10)14-13(15)11-3-4-11/h5-9,11H,3-4H2,1-2H3,(H,14,15). The molecule has 0 bridgehead atoms. The zero-order chi connectivity index (χ0) is 10.8. The average molecular weight is 203 g/mol. The molecule has 1 aromatic carbocycles. The van der Waals surface area contributed by atoms with E-state index in [1.165, 1.54) is 5.56 Å². The molecule has 1 fully saturated rings. The van der Waals surface area contributed by atoms with Gasteiger partial charge in [-0.05, 0) is 36.5 Å². The molecule has 1 aliphatic rings. The summed E-state index contributed by atoms with van der Waals surface area (Å²) in [6.07, 6.45) is 2.10. The number of hydrogen-bond acceptors (Lipinski definition) is 1. The van der Waals surface area contributed by atoms with Gasteiger partial charge in [0.25, 0.3) is 0 Å². The van der Waals surface area contributed by atoms with E-state index in [1.54, 1.807) is 0 Å². The number of rotatable bonds is 3. The Hall–Kier alpha value is -1.31. The average Bonchev–Trinajstić information content (AvgIpc) is 3.01. The van der Waals surface area contributed by atoms with Gasteiger partial charge in [0.1, 0.15) is 0 Å². The van der Waals surface area contributed by atoms with E-state index in [0.717, 1.165) is 18.5 Å². The van der Waals surface area contributed by atoms with Crippen LogP contribution >= 0.6 is 0 Å². The highest BCUT2D eigenvalue weighted by Crippen LogP contribution is 2.30. The van der Waals surface area contributed by atoms with E-state index < -0.39 is 0 Å². The molecule has 0 atom stereocenters. The Bertz CT molecular complexity index is 349. The van der Waals surface area contributed by atoms with Crippen molar-refractivity contribution in [2.75, 3.05) is 5.32 Å². The van der Waals surface area contributed by atoms with Crippen LogP contribution in [0, 0.1) is 5.92 Å². The summed E-state index contributed by atoms with van der Waals surface area (Å²) in [4.78, 5) is 11.5. The zero-order valence-corrected chi connectivity index (χ0v) is 9.29. The molecule has 1 amide bonds. The van der Waals surface area contributed by atoms with Gasteiger partial charge in [0, 0.05) is 11.6 Å². The largest absolute Gasteiger partial charge is 0.326 e. The van der Waals surface area contributed by atoms with Crippen LogP contribution in [0.5, 0.6) is 0 Å². The molecule has 1 N–H and O–H groups in total. The lowest BCUT2D eigenvalue weighted by Gasteiger charge is -2.07. The molecular weight excluding hydrogens is 186 g/mol. The van der Waals surface area contributed by atoms with E-state index in [0.29, 0.717) is 5.92 Å². The number of benzene rings is 1. The molecule has 80 valence electrons. The maximum atomic E-state index is 11.5. The summed E-state index contributed by atoms with van der Waals surface area (Å²) in [7, 11) is 0. The van der Waals surface area contributed by atoms with Gasteiger partial charge in [-0.2, -0.15) is 0 Å². The SMILES string of the molecule is CC(C)c1ccc(NC(=O)C2CC2)cc1. The third-order valence-corrected chi connectivity index (χ3v) is 2.79. The number of anilines is 1. The van der Waals surface area contributed by atoms with Crippen molar-refractivity contribution in [2.24, 2.45) is 5.92 Å². The van der Waals surface area contributed by atoms with Gasteiger partial charge >= 0.3 is 0 Å². The Morgan fingerprint density at radius 3 is 2.33 bits per heavy atom. The highest BCUT2D eigenvalue weighted by Gasteiger charge is 2.29. The summed E-state index contributed by atoms with van der Waals surface area (Å²) >= 11 is 0. The Labute approximate surface area is 90.7 Å². The topological polar surface area (TPSA) is 29.1 Å². The molecule has 0 saturated heterocycles. The van der Waals surface area contributed by atoms with Crippen LogP contribution in [0.4, 0.5) is 5.69 Å². The molecule has 2 heteroatoms. The van der Waals surface area contributed by atoms with Crippen molar-refractivity contribution in [1.29, 1.82) is 0 Å². The van der Waals surface area contributed by atoms with E-state index in [9.17, 15) is 4.79 Å². The fourth-order valence-electron chi connectivity index (χ4n) is 1.54. The molecule has 0 aromatic heterocycles. The minimum Gasteiger partial charge on any atom is -0.326 e. The molecule has 2 rings (SSSR count). The van der Waals surface area contributed by atoms with Gasteiger partial charge in [0.15, 0.2) is 0 Å². The lowest BCUT2D eigenvalue weighted by Crippen LogP contribution is -2.13. The van der Waals surface area contributed by atoms with E-state index in [1.807, 2.05) is 12.1 Å². The van der Waals surface area contributed by atoms with Crippen molar-refractivity contribution in [3.8, 4) is 0 Å². The van der Waals surface area contributed by atoms with E-state index in [2.05, 4.69) is 31.3 Å². The maximum absolute atomic E-state index is 11.5. The molecule has 0 aliphatic heterocycles. The summed E-state index contributed by atoms with van der Waals surface area (Å²) in [5.41, 5.74) is 2.22. The van der Waals surface area contributed by atoms with Crippen LogP contribution in [0.2, 0.25) is 0 Å². The van der Waals surface area contributed by atoms with Crippen molar-refractivity contribution in [1.82, 2.24) is 0 Å². The second-order valence-electron chi connectivity index (χ2n) is 4.54. The fraction of sp³-hybridized carbons (Fsp3) is 0.462.